The summed E-state index contributed by atoms with van der Waals surface area (Å²) >= 11 is 0. The van der Waals surface area contributed by atoms with Gasteiger partial charge in [-0.3, -0.25) is 9.89 Å². The SMILES string of the molecule is CC.CC.CNCCOc1ccnc(-n2cc(-c3c[nH]n4c(=O)c(C(C)C)c(C)nc34)cn2)c1. The number of pyridine rings is 1. The van der Waals surface area contributed by atoms with Gasteiger partial charge in [-0.05, 0) is 26.0 Å². The molecular weight excluding hydrogens is 430 g/mol. The fourth-order valence-corrected chi connectivity index (χ4v) is 3.48. The average molecular weight is 468 g/mol. The van der Waals surface area contributed by atoms with Crippen molar-refractivity contribution in [1.82, 2.24) is 34.7 Å². The smallest absolute Gasteiger partial charge is 0.276 e. The van der Waals surface area contributed by atoms with Crippen molar-refractivity contribution in [3.05, 3.63) is 58.5 Å². The van der Waals surface area contributed by atoms with E-state index in [4.69, 9.17) is 4.74 Å². The van der Waals surface area contributed by atoms with E-state index in [0.29, 0.717) is 18.1 Å². The Kier molecular flexibility index (Phi) is 10.0. The lowest BCUT2D eigenvalue weighted by Crippen LogP contribution is -2.22. The molecule has 0 unspecified atom stereocenters. The Hall–Kier alpha value is -3.46. The molecule has 184 valence electrons. The molecule has 4 aromatic rings. The predicted molar refractivity (Wildman–Crippen MR) is 137 cm³/mol. The van der Waals surface area contributed by atoms with Crippen LogP contribution in [0.4, 0.5) is 0 Å². The van der Waals surface area contributed by atoms with Gasteiger partial charge in [0.1, 0.15) is 12.4 Å². The quantitative estimate of drug-likeness (QED) is 0.392. The lowest BCUT2D eigenvalue weighted by molar-refractivity contribution is 0.318. The predicted octanol–water partition coefficient (Wildman–Crippen LogP) is 4.35. The summed E-state index contributed by atoms with van der Waals surface area (Å²) in [6.07, 6.45) is 7.06. The molecule has 0 radical (unpaired) electrons. The number of H-pyrrole nitrogens is 1. The molecule has 0 amide bonds. The van der Waals surface area contributed by atoms with Crippen molar-refractivity contribution in [3.63, 3.8) is 0 Å². The molecule has 0 aliphatic rings. The summed E-state index contributed by atoms with van der Waals surface area (Å²) in [6, 6.07) is 3.65. The second-order valence-electron chi connectivity index (χ2n) is 7.39. The number of aromatic amines is 1. The van der Waals surface area contributed by atoms with E-state index in [9.17, 15) is 4.79 Å². The first kappa shape index (κ1) is 26.8. The number of fused-ring (bicyclic) bond motifs is 1. The van der Waals surface area contributed by atoms with E-state index in [-0.39, 0.29) is 11.5 Å². The molecule has 2 N–H and O–H groups in total. The van der Waals surface area contributed by atoms with Gasteiger partial charge in [0.15, 0.2) is 11.5 Å². The first-order valence-corrected chi connectivity index (χ1v) is 11.9. The minimum Gasteiger partial charge on any atom is -0.492 e. The zero-order valence-electron chi connectivity index (χ0n) is 21.5. The van der Waals surface area contributed by atoms with Gasteiger partial charge in [0.25, 0.3) is 5.56 Å². The Bertz CT molecular complexity index is 1240. The molecule has 4 heterocycles. The van der Waals surface area contributed by atoms with Crippen LogP contribution in [0.25, 0.3) is 22.6 Å². The lowest BCUT2D eigenvalue weighted by atomic mass is 10.0. The van der Waals surface area contributed by atoms with Crippen LogP contribution in [0.5, 0.6) is 5.75 Å². The van der Waals surface area contributed by atoms with Gasteiger partial charge in [-0.15, -0.1) is 0 Å². The van der Waals surface area contributed by atoms with Gasteiger partial charge in [0.05, 0.1) is 6.20 Å². The standard InChI is InChI=1S/C21H25N7O2.2C2H6/c1-13(2)19-14(3)26-20-17(11-25-28(20)21(19)29)15-10-24-27(12-15)18-9-16(5-6-23-18)30-8-7-22-4;2*1-2/h5-6,9-13,22,25H,7-8H2,1-4H3;2*1-2H3. The van der Waals surface area contributed by atoms with Crippen LogP contribution in [0.2, 0.25) is 0 Å². The monoisotopic (exact) mass is 467 g/mol. The van der Waals surface area contributed by atoms with E-state index in [1.54, 1.807) is 23.3 Å². The number of ether oxygens (including phenoxy) is 1. The molecule has 0 saturated carbocycles. The number of rotatable bonds is 7. The highest BCUT2D eigenvalue weighted by molar-refractivity contribution is 5.76. The van der Waals surface area contributed by atoms with Crippen LogP contribution in [0.15, 0.2) is 41.7 Å². The topological polar surface area (TPSA) is 102 Å². The molecule has 0 aliphatic heterocycles. The van der Waals surface area contributed by atoms with Crippen LogP contribution in [-0.4, -0.2) is 49.6 Å². The van der Waals surface area contributed by atoms with Crippen LogP contribution < -0.4 is 15.6 Å². The number of likely N-dealkylation sites (N-methyl/N-ethyl adjacent to an activating group) is 1. The zero-order valence-corrected chi connectivity index (χ0v) is 21.5. The van der Waals surface area contributed by atoms with Gasteiger partial charge in [-0.1, -0.05) is 41.5 Å². The van der Waals surface area contributed by atoms with Gasteiger partial charge in [-0.2, -0.15) is 5.10 Å². The summed E-state index contributed by atoms with van der Waals surface area (Å²) < 4.78 is 8.87. The second-order valence-corrected chi connectivity index (χ2v) is 7.39. The zero-order chi connectivity index (χ0) is 25.3. The van der Waals surface area contributed by atoms with E-state index < -0.39 is 0 Å². The molecule has 34 heavy (non-hydrogen) atoms. The molecule has 0 atom stereocenters. The third-order valence-electron chi connectivity index (χ3n) is 4.93. The normalized spacial score (nSPS) is 10.5. The van der Waals surface area contributed by atoms with Gasteiger partial charge in [0, 0.05) is 53.6 Å². The maximum absolute atomic E-state index is 12.9. The highest BCUT2D eigenvalue weighted by Gasteiger charge is 2.18. The molecule has 9 heteroatoms. The van der Waals surface area contributed by atoms with Gasteiger partial charge in [0.2, 0.25) is 0 Å². The number of nitrogens with one attached hydrogen (secondary N) is 2. The Morgan fingerprint density at radius 2 is 1.94 bits per heavy atom. The molecule has 9 nitrogen and oxygen atoms in total. The lowest BCUT2D eigenvalue weighted by Gasteiger charge is -2.08. The van der Waals surface area contributed by atoms with Gasteiger partial charge < -0.3 is 10.1 Å². The number of nitrogens with zero attached hydrogens (tertiary/aromatic N) is 5. The van der Waals surface area contributed by atoms with Crippen LogP contribution in [-0.2, 0) is 0 Å². The van der Waals surface area contributed by atoms with Crippen molar-refractivity contribution in [1.29, 1.82) is 0 Å². The Morgan fingerprint density at radius 1 is 1.21 bits per heavy atom. The van der Waals surface area contributed by atoms with Crippen molar-refractivity contribution in [3.8, 4) is 22.7 Å². The minimum absolute atomic E-state index is 0.0702. The maximum atomic E-state index is 12.9. The van der Waals surface area contributed by atoms with Crippen molar-refractivity contribution in [2.75, 3.05) is 20.2 Å². The van der Waals surface area contributed by atoms with Crippen LogP contribution >= 0.6 is 0 Å². The third kappa shape index (κ3) is 5.72. The molecule has 0 spiro atoms. The number of hydrogen-bond acceptors (Lipinski definition) is 6. The van der Waals surface area contributed by atoms with E-state index in [2.05, 4.69) is 25.5 Å². The minimum atomic E-state index is -0.0702. The maximum Gasteiger partial charge on any atom is 0.276 e. The van der Waals surface area contributed by atoms with E-state index in [0.717, 1.165) is 34.7 Å². The van der Waals surface area contributed by atoms with E-state index >= 15 is 0 Å². The summed E-state index contributed by atoms with van der Waals surface area (Å²) in [5.74, 6) is 1.47. The van der Waals surface area contributed by atoms with Crippen LogP contribution in [0.1, 0.15) is 58.7 Å². The largest absolute Gasteiger partial charge is 0.492 e. The summed E-state index contributed by atoms with van der Waals surface area (Å²) in [5, 5.41) is 10.5. The molecule has 0 aliphatic carbocycles. The van der Waals surface area contributed by atoms with E-state index in [1.807, 2.05) is 73.8 Å². The number of aromatic nitrogens is 6. The fourth-order valence-electron chi connectivity index (χ4n) is 3.48. The highest BCUT2D eigenvalue weighted by Crippen LogP contribution is 2.25. The van der Waals surface area contributed by atoms with Crippen LogP contribution in [0, 0.1) is 6.92 Å². The second kappa shape index (κ2) is 12.7. The number of aryl methyl sites for hydroxylation is 1. The first-order valence-electron chi connectivity index (χ1n) is 11.9. The molecule has 0 bridgehead atoms. The average Bonchev–Trinajstić information content (AvgIpc) is 3.49. The molecule has 0 aromatic carbocycles. The number of hydrogen-bond donors (Lipinski definition) is 2. The van der Waals surface area contributed by atoms with Crippen molar-refractivity contribution in [2.24, 2.45) is 0 Å². The van der Waals surface area contributed by atoms with Crippen molar-refractivity contribution < 1.29 is 4.74 Å². The Morgan fingerprint density at radius 3 is 2.62 bits per heavy atom. The third-order valence-corrected chi connectivity index (χ3v) is 4.93. The van der Waals surface area contributed by atoms with Crippen LogP contribution in [0.3, 0.4) is 0 Å². The molecular formula is C25H37N7O2. The molecule has 0 saturated heterocycles. The summed E-state index contributed by atoms with van der Waals surface area (Å²) in [4.78, 5) is 21.9. The first-order chi connectivity index (χ1) is 16.5. The van der Waals surface area contributed by atoms with Crippen molar-refractivity contribution >= 4 is 5.65 Å². The van der Waals surface area contributed by atoms with Gasteiger partial charge in [-0.25, -0.2) is 19.2 Å². The highest BCUT2D eigenvalue weighted by atomic mass is 16.5. The summed E-state index contributed by atoms with van der Waals surface area (Å²) in [7, 11) is 1.88. The Labute approximate surface area is 201 Å². The molecule has 4 rings (SSSR count). The Balaban J connectivity index is 0.000000970. The summed E-state index contributed by atoms with van der Waals surface area (Å²) in [6.45, 7) is 15.2. The van der Waals surface area contributed by atoms with E-state index in [1.165, 1.54) is 4.52 Å². The summed E-state index contributed by atoms with van der Waals surface area (Å²) in [5.41, 5.74) is 3.61. The van der Waals surface area contributed by atoms with Gasteiger partial charge >= 0.3 is 0 Å². The fraction of sp³-hybridized carbons (Fsp3) is 0.440. The molecule has 4 aromatic heterocycles. The van der Waals surface area contributed by atoms with Crippen molar-refractivity contribution in [2.45, 2.75) is 54.4 Å². The molecule has 0 fully saturated rings.